The van der Waals surface area contributed by atoms with Crippen LogP contribution in [0, 0.1) is 0 Å². The van der Waals surface area contributed by atoms with Crippen LogP contribution in [-0.4, -0.2) is 69.0 Å². The minimum absolute atomic E-state index is 0.0171. The van der Waals surface area contributed by atoms with Crippen LogP contribution in [0.1, 0.15) is 66.8 Å². The van der Waals surface area contributed by atoms with E-state index in [1.54, 1.807) is 6.07 Å². The number of anilines is 1. The van der Waals surface area contributed by atoms with Gasteiger partial charge in [0.25, 0.3) is 5.91 Å². The molecule has 13 heteroatoms. The Morgan fingerprint density at radius 1 is 0.898 bits per heavy atom. The van der Waals surface area contributed by atoms with Gasteiger partial charge in [-0.1, -0.05) is 81.4 Å². The van der Waals surface area contributed by atoms with Crippen molar-refractivity contribution in [2.75, 3.05) is 38.0 Å². The molecule has 6 rings (SSSR count). The van der Waals surface area contributed by atoms with Crippen LogP contribution >= 0.6 is 15.9 Å². The largest absolute Gasteiger partial charge is 0.487 e. The van der Waals surface area contributed by atoms with Crippen LogP contribution in [0.4, 0.5) is 10.5 Å². The predicted octanol–water partition coefficient (Wildman–Crippen LogP) is 9.17. The lowest BCUT2D eigenvalue weighted by molar-refractivity contribution is 0.0587. The number of amides is 2. The molecule has 1 aromatic heterocycles. The topological polar surface area (TPSA) is 134 Å². The molecule has 0 spiro atoms. The summed E-state index contributed by atoms with van der Waals surface area (Å²) in [6, 6.07) is 32.4. The summed E-state index contributed by atoms with van der Waals surface area (Å²) in [5.74, 6) is 0.495. The van der Waals surface area contributed by atoms with Crippen LogP contribution in [0.2, 0.25) is 18.1 Å². The highest BCUT2D eigenvalue weighted by molar-refractivity contribution is 9.10. The summed E-state index contributed by atoms with van der Waals surface area (Å²) in [4.78, 5) is 43.3. The number of fused-ring (bicyclic) bond motifs is 1. The van der Waals surface area contributed by atoms with Gasteiger partial charge in [0.15, 0.2) is 8.32 Å². The van der Waals surface area contributed by atoms with E-state index in [9.17, 15) is 14.4 Å². The van der Waals surface area contributed by atoms with Gasteiger partial charge >= 0.3 is 6.09 Å². The molecule has 2 amide bonds. The highest BCUT2D eigenvalue weighted by Crippen LogP contribution is 2.41. The lowest BCUT2D eigenvalue weighted by Gasteiger charge is -2.39. The van der Waals surface area contributed by atoms with Crippen molar-refractivity contribution < 1.29 is 23.5 Å². The summed E-state index contributed by atoms with van der Waals surface area (Å²) in [6.07, 6.45) is 0.589. The fraction of sp³-hybridized carbons (Fsp3) is 0.370. The average Bonchev–Trinajstić information content (AvgIpc) is 3.21. The highest BCUT2D eigenvalue weighted by Gasteiger charge is 2.40. The van der Waals surface area contributed by atoms with E-state index >= 15 is 0 Å². The molecule has 1 aliphatic rings. The highest BCUT2D eigenvalue weighted by atomic mass is 79.9. The van der Waals surface area contributed by atoms with E-state index in [1.165, 1.54) is 0 Å². The number of hydrogen-bond acceptors (Lipinski definition) is 8. The van der Waals surface area contributed by atoms with Crippen molar-refractivity contribution in [3.63, 3.8) is 0 Å². The first kappa shape index (κ1) is 43.8. The molecule has 59 heavy (non-hydrogen) atoms. The van der Waals surface area contributed by atoms with E-state index in [0.717, 1.165) is 59.0 Å². The Balaban J connectivity index is 1.01. The van der Waals surface area contributed by atoms with E-state index in [0.29, 0.717) is 48.8 Å². The lowest BCUT2D eigenvalue weighted by atomic mass is 10.0. The van der Waals surface area contributed by atoms with E-state index in [4.69, 9.17) is 13.9 Å². The second-order valence-corrected chi connectivity index (χ2v) is 22.2. The third kappa shape index (κ3) is 12.1. The number of carbonyl (C=O) groups is 2. The van der Waals surface area contributed by atoms with Crippen molar-refractivity contribution in [3.05, 3.63) is 140 Å². The number of pyridine rings is 1. The molecular formula is C46H56BrN5O6Si. The number of carbonyl (C=O) groups excluding carboxylic acids is 2. The average molecular weight is 883 g/mol. The molecule has 11 nitrogen and oxygen atoms in total. The fourth-order valence-electron chi connectivity index (χ4n) is 6.79. The van der Waals surface area contributed by atoms with E-state index < -0.39 is 14.4 Å². The zero-order valence-electron chi connectivity index (χ0n) is 34.6. The number of aromatic nitrogens is 1. The lowest BCUT2D eigenvalue weighted by Crippen LogP contribution is -2.43. The SMILES string of the molecule is CC(C)(C)[Si](C)(C)O[C@@H](CNCc1ccc(C(=O)NCCN2CCC(OC(=O)Nc3ccccc3Br)CC2)cc1)c1ccc(OCc2ccccc2)c2[nH]c(=O)ccc12. The molecule has 2 heterocycles. The summed E-state index contributed by atoms with van der Waals surface area (Å²) in [7, 11) is -2.23. The Labute approximate surface area is 356 Å². The van der Waals surface area contributed by atoms with Crippen LogP contribution in [0.25, 0.3) is 10.9 Å². The van der Waals surface area contributed by atoms with Gasteiger partial charge in [-0.25, -0.2) is 4.79 Å². The molecule has 1 aliphatic heterocycles. The molecule has 1 fully saturated rings. The van der Waals surface area contributed by atoms with Crippen LogP contribution in [0.3, 0.4) is 0 Å². The fourth-order valence-corrected chi connectivity index (χ4v) is 8.45. The number of H-pyrrole nitrogens is 1. The first-order valence-corrected chi connectivity index (χ1v) is 24.0. The second kappa shape index (κ2) is 20.0. The van der Waals surface area contributed by atoms with Crippen molar-refractivity contribution in [2.24, 2.45) is 0 Å². The monoisotopic (exact) mass is 881 g/mol. The number of likely N-dealkylation sites (tertiary alicyclic amines) is 1. The predicted molar refractivity (Wildman–Crippen MR) is 241 cm³/mol. The Bertz CT molecular complexity index is 2240. The van der Waals surface area contributed by atoms with Crippen molar-refractivity contribution in [1.82, 2.24) is 20.5 Å². The van der Waals surface area contributed by atoms with Crippen molar-refractivity contribution in [2.45, 2.75) is 77.1 Å². The molecular weight excluding hydrogens is 827 g/mol. The number of nitrogens with zero attached hydrogens (tertiary/aromatic N) is 1. The van der Waals surface area contributed by atoms with Crippen molar-refractivity contribution in [1.29, 1.82) is 0 Å². The zero-order valence-corrected chi connectivity index (χ0v) is 37.2. The second-order valence-electron chi connectivity index (χ2n) is 16.5. The standard InChI is InChI=1S/C46H56BrN5O6Si/c1-46(2,3)59(4,5)58-41(36-19-21-40(43-37(36)20-22-42(53)51-43)56-31-33-11-7-6-8-12-33)30-48-29-32-15-17-34(18-16-32)44(54)49-25-28-52-26-23-35(24-27-52)57-45(55)50-39-14-10-9-13-38(39)47/h6-22,35,41,48H,23-31H2,1-5H3,(H,49,54)(H,50,55)(H,51,53)/t41-/m0/s1. The molecule has 1 saturated heterocycles. The first-order valence-electron chi connectivity index (χ1n) is 20.3. The maximum Gasteiger partial charge on any atom is 0.411 e. The number of hydrogen-bond donors (Lipinski definition) is 4. The van der Waals surface area contributed by atoms with E-state index in [-0.39, 0.29) is 28.7 Å². The molecule has 0 bridgehead atoms. The van der Waals surface area contributed by atoms with Gasteiger partial charge in [-0.15, -0.1) is 0 Å². The number of ether oxygens (including phenoxy) is 2. The number of para-hydroxylation sites is 1. The maximum absolute atomic E-state index is 13.0. The summed E-state index contributed by atoms with van der Waals surface area (Å²) >= 11 is 3.44. The molecule has 5 aromatic rings. The van der Waals surface area contributed by atoms with Crippen LogP contribution in [0.15, 0.2) is 112 Å². The van der Waals surface area contributed by atoms with Crippen molar-refractivity contribution in [3.8, 4) is 5.75 Å². The van der Waals surface area contributed by atoms with Gasteiger partial charge in [-0.3, -0.25) is 14.9 Å². The van der Waals surface area contributed by atoms with Crippen LogP contribution in [0.5, 0.6) is 5.75 Å². The Hall–Kier alpha value is -4.79. The molecule has 0 aliphatic carbocycles. The summed E-state index contributed by atoms with van der Waals surface area (Å²) in [5, 5.41) is 10.3. The summed E-state index contributed by atoms with van der Waals surface area (Å²) < 4.78 is 19.8. The molecule has 4 aromatic carbocycles. The smallest absolute Gasteiger partial charge is 0.411 e. The molecule has 1 atom stereocenters. The number of halogens is 1. The third-order valence-corrected chi connectivity index (χ3v) is 16.4. The first-order chi connectivity index (χ1) is 28.3. The summed E-state index contributed by atoms with van der Waals surface area (Å²) in [6.45, 7) is 15.5. The van der Waals surface area contributed by atoms with Gasteiger partial charge < -0.3 is 34.4 Å². The van der Waals surface area contributed by atoms with Crippen LogP contribution in [-0.2, 0) is 22.3 Å². The molecule has 4 N–H and O–H groups in total. The summed E-state index contributed by atoms with van der Waals surface area (Å²) in [5.41, 5.74) is 4.79. The Kier molecular flexibility index (Phi) is 14.8. The van der Waals surface area contributed by atoms with Crippen LogP contribution < -0.4 is 26.2 Å². The molecule has 312 valence electrons. The van der Waals surface area contributed by atoms with Gasteiger partial charge in [0.2, 0.25) is 5.56 Å². The van der Waals surface area contributed by atoms with Gasteiger partial charge in [-0.05, 0) is 100.0 Å². The normalized spacial score (nSPS) is 14.5. The van der Waals surface area contributed by atoms with Gasteiger partial charge in [-0.2, -0.15) is 0 Å². The number of piperidine rings is 1. The minimum atomic E-state index is -2.23. The number of rotatable bonds is 16. The molecule has 0 saturated carbocycles. The number of benzene rings is 4. The number of nitrogens with one attached hydrogen (secondary N) is 4. The van der Waals surface area contributed by atoms with Gasteiger partial charge in [0.05, 0.1) is 17.3 Å². The van der Waals surface area contributed by atoms with E-state index in [2.05, 4.69) is 81.7 Å². The van der Waals surface area contributed by atoms with E-state index in [1.807, 2.05) is 91.0 Å². The maximum atomic E-state index is 13.0. The number of aromatic amines is 1. The van der Waals surface area contributed by atoms with Crippen molar-refractivity contribution >= 4 is 52.8 Å². The van der Waals surface area contributed by atoms with Gasteiger partial charge in [0, 0.05) is 60.8 Å². The molecule has 0 radical (unpaired) electrons. The molecule has 0 unspecified atom stereocenters. The Morgan fingerprint density at radius 3 is 2.32 bits per heavy atom. The van der Waals surface area contributed by atoms with Gasteiger partial charge in [0.1, 0.15) is 18.5 Å². The third-order valence-electron chi connectivity index (χ3n) is 11.2. The quantitative estimate of drug-likeness (QED) is 0.0722. The zero-order chi connectivity index (χ0) is 42.0. The Morgan fingerprint density at radius 2 is 1.61 bits per heavy atom. The minimum Gasteiger partial charge on any atom is -0.487 e.